The van der Waals surface area contributed by atoms with Crippen LogP contribution in [0.2, 0.25) is 0 Å². The van der Waals surface area contributed by atoms with Gasteiger partial charge in [0.15, 0.2) is 0 Å². The van der Waals surface area contributed by atoms with E-state index in [1.807, 2.05) is 46.3 Å². The van der Waals surface area contributed by atoms with Crippen LogP contribution in [0.25, 0.3) is 16.2 Å². The fourth-order valence-corrected chi connectivity index (χ4v) is 2.64. The highest BCUT2D eigenvalue weighted by molar-refractivity contribution is 7.13. The molecule has 0 amide bonds. The maximum absolute atomic E-state index is 8.93. The van der Waals surface area contributed by atoms with E-state index in [1.54, 1.807) is 11.3 Å². The van der Waals surface area contributed by atoms with Gasteiger partial charge in [0.1, 0.15) is 11.3 Å². The molecule has 3 heterocycles. The van der Waals surface area contributed by atoms with Gasteiger partial charge in [-0.25, -0.2) is 4.98 Å². The molecule has 0 atom stereocenters. The van der Waals surface area contributed by atoms with Gasteiger partial charge < -0.3 is 4.40 Å². The molecule has 4 heteroatoms. The van der Waals surface area contributed by atoms with E-state index in [0.717, 1.165) is 21.9 Å². The van der Waals surface area contributed by atoms with Gasteiger partial charge in [-0.1, -0.05) is 12.1 Å². The van der Waals surface area contributed by atoms with Gasteiger partial charge in [0.2, 0.25) is 0 Å². The van der Waals surface area contributed by atoms with Gasteiger partial charge in [-0.05, 0) is 23.6 Å². The third-order valence-corrected chi connectivity index (χ3v) is 3.51. The van der Waals surface area contributed by atoms with Gasteiger partial charge in [-0.2, -0.15) is 5.26 Å². The van der Waals surface area contributed by atoms with Crippen LogP contribution in [0.4, 0.5) is 0 Å². The molecule has 0 saturated carbocycles. The van der Waals surface area contributed by atoms with Crippen molar-refractivity contribution >= 4 is 17.0 Å². The van der Waals surface area contributed by atoms with Crippen LogP contribution >= 0.6 is 11.3 Å². The summed E-state index contributed by atoms with van der Waals surface area (Å²) in [4.78, 5) is 5.71. The first-order valence-corrected chi connectivity index (χ1v) is 6.15. The molecular weight excluding hydrogens is 230 g/mol. The lowest BCUT2D eigenvalue weighted by Gasteiger charge is -1.98. The quantitative estimate of drug-likeness (QED) is 0.689. The second-order valence-electron chi connectivity index (χ2n) is 3.65. The van der Waals surface area contributed by atoms with Crippen molar-refractivity contribution in [3.63, 3.8) is 0 Å². The molecule has 0 spiro atoms. The summed E-state index contributed by atoms with van der Waals surface area (Å²) in [5.74, 6) is 0. The maximum Gasteiger partial charge on any atom is 0.137 e. The van der Waals surface area contributed by atoms with E-state index in [2.05, 4.69) is 11.1 Å². The SMILES string of the molecule is N#CCc1c(-c2cccs2)nc2ccccn12. The average molecular weight is 239 g/mol. The zero-order valence-corrected chi connectivity index (χ0v) is 9.81. The van der Waals surface area contributed by atoms with E-state index in [-0.39, 0.29) is 0 Å². The van der Waals surface area contributed by atoms with Crippen molar-refractivity contribution in [1.29, 1.82) is 5.26 Å². The molecule has 0 N–H and O–H groups in total. The minimum Gasteiger partial charge on any atom is -0.302 e. The van der Waals surface area contributed by atoms with Crippen LogP contribution in [0.15, 0.2) is 41.9 Å². The van der Waals surface area contributed by atoms with Crippen LogP contribution < -0.4 is 0 Å². The zero-order valence-electron chi connectivity index (χ0n) is 9.00. The summed E-state index contributed by atoms with van der Waals surface area (Å²) in [6.07, 6.45) is 2.32. The monoisotopic (exact) mass is 239 g/mol. The number of nitriles is 1. The van der Waals surface area contributed by atoms with Crippen LogP contribution in [0, 0.1) is 11.3 Å². The fourth-order valence-electron chi connectivity index (χ4n) is 1.90. The van der Waals surface area contributed by atoms with Gasteiger partial charge in [-0.15, -0.1) is 11.3 Å². The minimum atomic E-state index is 0.373. The first-order valence-electron chi connectivity index (χ1n) is 5.27. The van der Waals surface area contributed by atoms with Crippen molar-refractivity contribution in [2.45, 2.75) is 6.42 Å². The highest BCUT2D eigenvalue weighted by Crippen LogP contribution is 2.28. The van der Waals surface area contributed by atoms with E-state index in [4.69, 9.17) is 5.26 Å². The van der Waals surface area contributed by atoms with Crippen LogP contribution in [-0.4, -0.2) is 9.38 Å². The predicted molar refractivity (Wildman–Crippen MR) is 67.8 cm³/mol. The lowest BCUT2D eigenvalue weighted by atomic mass is 10.2. The molecular formula is C13H9N3S. The summed E-state index contributed by atoms with van der Waals surface area (Å²) in [7, 11) is 0. The second kappa shape index (κ2) is 4.04. The number of imidazole rings is 1. The smallest absolute Gasteiger partial charge is 0.137 e. The molecule has 0 saturated heterocycles. The number of aromatic nitrogens is 2. The summed E-state index contributed by atoms with van der Waals surface area (Å²) in [5.41, 5.74) is 2.78. The first kappa shape index (κ1) is 10.1. The molecule has 3 rings (SSSR count). The van der Waals surface area contributed by atoms with Crippen molar-refractivity contribution in [1.82, 2.24) is 9.38 Å². The van der Waals surface area contributed by atoms with Crippen molar-refractivity contribution in [2.24, 2.45) is 0 Å². The van der Waals surface area contributed by atoms with Crippen molar-refractivity contribution in [2.75, 3.05) is 0 Å². The van der Waals surface area contributed by atoms with Gasteiger partial charge in [0.05, 0.1) is 23.1 Å². The topological polar surface area (TPSA) is 41.1 Å². The summed E-state index contributed by atoms with van der Waals surface area (Å²) in [6, 6.07) is 12.1. The van der Waals surface area contributed by atoms with Crippen molar-refractivity contribution in [3.8, 4) is 16.6 Å². The fraction of sp³-hybridized carbons (Fsp3) is 0.0769. The largest absolute Gasteiger partial charge is 0.302 e. The molecule has 3 aromatic rings. The van der Waals surface area contributed by atoms with E-state index < -0.39 is 0 Å². The normalized spacial score (nSPS) is 10.5. The number of pyridine rings is 1. The molecule has 3 nitrogen and oxygen atoms in total. The molecule has 0 aromatic carbocycles. The molecule has 0 aliphatic rings. The number of fused-ring (bicyclic) bond motifs is 1. The van der Waals surface area contributed by atoms with Gasteiger partial charge >= 0.3 is 0 Å². The van der Waals surface area contributed by atoms with Crippen LogP contribution in [0.5, 0.6) is 0 Å². The molecule has 0 aliphatic heterocycles. The third-order valence-electron chi connectivity index (χ3n) is 2.63. The Morgan fingerprint density at radius 1 is 1.29 bits per heavy atom. The molecule has 3 aromatic heterocycles. The lowest BCUT2D eigenvalue weighted by molar-refractivity contribution is 1.06. The summed E-state index contributed by atoms with van der Waals surface area (Å²) < 4.78 is 1.98. The maximum atomic E-state index is 8.93. The van der Waals surface area contributed by atoms with Crippen LogP contribution in [-0.2, 0) is 6.42 Å². The Balaban J connectivity index is 2.31. The van der Waals surface area contributed by atoms with E-state index in [9.17, 15) is 0 Å². The van der Waals surface area contributed by atoms with Crippen molar-refractivity contribution in [3.05, 3.63) is 47.6 Å². The highest BCUT2D eigenvalue weighted by atomic mass is 32.1. The third kappa shape index (κ3) is 1.61. The van der Waals surface area contributed by atoms with Crippen LogP contribution in [0.3, 0.4) is 0 Å². The number of nitrogens with zero attached hydrogens (tertiary/aromatic N) is 3. The molecule has 0 aliphatic carbocycles. The highest BCUT2D eigenvalue weighted by Gasteiger charge is 2.13. The summed E-state index contributed by atoms with van der Waals surface area (Å²) >= 11 is 1.65. The summed E-state index contributed by atoms with van der Waals surface area (Å²) in [6.45, 7) is 0. The molecule has 82 valence electrons. The molecule has 0 unspecified atom stereocenters. The van der Waals surface area contributed by atoms with Crippen LogP contribution in [0.1, 0.15) is 5.69 Å². The van der Waals surface area contributed by atoms with Crippen molar-refractivity contribution < 1.29 is 0 Å². The lowest BCUT2D eigenvalue weighted by Crippen LogP contribution is -1.91. The summed E-state index contributed by atoms with van der Waals surface area (Å²) in [5, 5.41) is 11.0. The molecule has 0 radical (unpaired) electrons. The Hall–Kier alpha value is -2.12. The number of hydrogen-bond donors (Lipinski definition) is 0. The zero-order chi connectivity index (χ0) is 11.7. The number of rotatable bonds is 2. The van der Waals surface area contributed by atoms with Gasteiger partial charge in [0.25, 0.3) is 0 Å². The molecule has 17 heavy (non-hydrogen) atoms. The number of thiophene rings is 1. The Labute approximate surface area is 103 Å². The molecule has 0 fully saturated rings. The van der Waals surface area contributed by atoms with E-state index in [0.29, 0.717) is 6.42 Å². The number of hydrogen-bond acceptors (Lipinski definition) is 3. The molecule has 0 bridgehead atoms. The Morgan fingerprint density at radius 2 is 2.24 bits per heavy atom. The second-order valence-corrected chi connectivity index (χ2v) is 4.60. The van der Waals surface area contributed by atoms with E-state index in [1.165, 1.54) is 0 Å². The van der Waals surface area contributed by atoms with E-state index >= 15 is 0 Å². The Bertz CT molecular complexity index is 689. The predicted octanol–water partition coefficient (Wildman–Crippen LogP) is 3.13. The first-order chi connectivity index (χ1) is 8.40. The average Bonchev–Trinajstić information content (AvgIpc) is 2.97. The standard InChI is InChI=1S/C13H9N3S/c14-7-6-10-13(11-4-3-9-17-11)15-12-5-1-2-8-16(10)12/h1-5,8-9H,6H2. The van der Waals surface area contributed by atoms with Gasteiger partial charge in [-0.3, -0.25) is 0 Å². The Kier molecular flexibility index (Phi) is 2.39. The Morgan fingerprint density at radius 3 is 3.00 bits per heavy atom. The minimum absolute atomic E-state index is 0.373. The van der Waals surface area contributed by atoms with Gasteiger partial charge in [0, 0.05) is 6.20 Å².